The van der Waals surface area contributed by atoms with E-state index in [1.807, 2.05) is 0 Å². The van der Waals surface area contributed by atoms with E-state index in [-0.39, 0.29) is 0 Å². The molecule has 0 aromatic heterocycles. The van der Waals surface area contributed by atoms with E-state index in [2.05, 4.69) is 30.2 Å². The molecule has 0 N–H and O–H groups in total. The van der Waals surface area contributed by atoms with E-state index in [9.17, 15) is 0 Å². The molecule has 0 saturated carbocycles. The summed E-state index contributed by atoms with van der Waals surface area (Å²) in [6.45, 7) is 12.0. The molecular formula is C20H41N2O+. The van der Waals surface area contributed by atoms with Crippen molar-refractivity contribution in [3.8, 4) is 0 Å². The van der Waals surface area contributed by atoms with Crippen LogP contribution in [0.1, 0.15) is 91.4 Å². The molecule has 0 spiro atoms. The summed E-state index contributed by atoms with van der Waals surface area (Å²) in [6, 6.07) is 0. The molecular weight excluding hydrogens is 284 g/mol. The standard InChI is InChI=1S/C20H41N2O/c1-4-7-9-10-11-12-13-14-18-23-19-22-17-16-21(6-3)20(22)15-8-5-2/h4-19H2,1-3H3/q+1. The maximum Gasteiger partial charge on any atom is 0.248 e. The molecule has 3 heteroatoms. The summed E-state index contributed by atoms with van der Waals surface area (Å²) in [5.41, 5.74) is 0. The monoisotopic (exact) mass is 325 g/mol. The van der Waals surface area contributed by atoms with Gasteiger partial charge in [0, 0.05) is 6.42 Å². The number of ether oxygens (including phenoxy) is 1. The van der Waals surface area contributed by atoms with Crippen molar-refractivity contribution in [3.05, 3.63) is 0 Å². The first-order chi connectivity index (χ1) is 11.3. The predicted octanol–water partition coefficient (Wildman–Crippen LogP) is 5.04. The highest BCUT2D eigenvalue weighted by Gasteiger charge is 2.28. The number of hydrogen-bond acceptors (Lipinski definition) is 2. The lowest BCUT2D eigenvalue weighted by Crippen LogP contribution is -2.29. The molecule has 0 saturated heterocycles. The lowest BCUT2D eigenvalue weighted by molar-refractivity contribution is -0.560. The summed E-state index contributed by atoms with van der Waals surface area (Å²) < 4.78 is 8.41. The summed E-state index contributed by atoms with van der Waals surface area (Å²) in [6.07, 6.45) is 14.7. The van der Waals surface area contributed by atoms with Crippen LogP contribution in [0, 0.1) is 0 Å². The second-order valence-corrected chi connectivity index (χ2v) is 6.88. The van der Waals surface area contributed by atoms with Gasteiger partial charge in [0.05, 0.1) is 13.2 Å². The van der Waals surface area contributed by atoms with Crippen molar-refractivity contribution in [2.75, 3.05) is 33.0 Å². The molecule has 0 bridgehead atoms. The van der Waals surface area contributed by atoms with Crippen LogP contribution in [0.15, 0.2) is 0 Å². The van der Waals surface area contributed by atoms with Crippen LogP contribution >= 0.6 is 0 Å². The molecule has 1 aliphatic heterocycles. The summed E-state index contributed by atoms with van der Waals surface area (Å²) >= 11 is 0. The molecule has 1 rings (SSSR count). The maximum absolute atomic E-state index is 5.94. The Bertz CT molecular complexity index is 315. The van der Waals surface area contributed by atoms with Crippen LogP contribution in [0.25, 0.3) is 0 Å². The summed E-state index contributed by atoms with van der Waals surface area (Å²) in [5, 5.41) is 0. The van der Waals surface area contributed by atoms with Crippen LogP contribution in [0.5, 0.6) is 0 Å². The summed E-state index contributed by atoms with van der Waals surface area (Å²) in [7, 11) is 0. The molecule has 0 radical (unpaired) electrons. The van der Waals surface area contributed by atoms with Crippen molar-refractivity contribution >= 4 is 5.84 Å². The second kappa shape index (κ2) is 13.8. The lowest BCUT2D eigenvalue weighted by Gasteiger charge is -2.11. The Labute approximate surface area is 145 Å². The average Bonchev–Trinajstić information content (AvgIpc) is 2.96. The summed E-state index contributed by atoms with van der Waals surface area (Å²) in [5.74, 6) is 1.52. The molecule has 23 heavy (non-hydrogen) atoms. The normalized spacial score (nSPS) is 15.0. The zero-order valence-corrected chi connectivity index (χ0v) is 16.1. The minimum Gasteiger partial charge on any atom is -0.342 e. The molecule has 0 fully saturated rings. The fraction of sp³-hybridized carbons (Fsp3) is 0.950. The Morgan fingerprint density at radius 1 is 0.870 bits per heavy atom. The third kappa shape index (κ3) is 8.74. The number of amidine groups is 1. The lowest BCUT2D eigenvalue weighted by atomic mass is 10.1. The highest BCUT2D eigenvalue weighted by atomic mass is 16.5. The SMILES string of the molecule is CCCCCCCCCCOC[N+]1=C(CCCC)N(CC)CC1. The molecule has 3 nitrogen and oxygen atoms in total. The Balaban J connectivity index is 2.09. The molecule has 1 heterocycles. The van der Waals surface area contributed by atoms with Crippen molar-refractivity contribution < 1.29 is 9.31 Å². The van der Waals surface area contributed by atoms with Crippen molar-refractivity contribution in [1.29, 1.82) is 0 Å². The average molecular weight is 326 g/mol. The van der Waals surface area contributed by atoms with Crippen LogP contribution in [0.2, 0.25) is 0 Å². The quantitative estimate of drug-likeness (QED) is 0.310. The molecule has 136 valence electrons. The van der Waals surface area contributed by atoms with Gasteiger partial charge in [-0.25, -0.2) is 4.58 Å². The Morgan fingerprint density at radius 2 is 1.52 bits per heavy atom. The molecule has 0 amide bonds. The first-order valence-corrected chi connectivity index (χ1v) is 10.3. The molecule has 1 aliphatic rings. The smallest absolute Gasteiger partial charge is 0.248 e. The van der Waals surface area contributed by atoms with E-state index >= 15 is 0 Å². The number of rotatable bonds is 15. The highest BCUT2D eigenvalue weighted by Crippen LogP contribution is 2.10. The minimum absolute atomic E-state index is 0.798. The van der Waals surface area contributed by atoms with Gasteiger partial charge in [-0.2, -0.15) is 0 Å². The topological polar surface area (TPSA) is 15.5 Å². The van der Waals surface area contributed by atoms with Gasteiger partial charge in [-0.05, 0) is 19.8 Å². The van der Waals surface area contributed by atoms with E-state index in [1.54, 1.807) is 0 Å². The second-order valence-electron chi connectivity index (χ2n) is 6.88. The van der Waals surface area contributed by atoms with Gasteiger partial charge in [0.15, 0.2) is 6.73 Å². The van der Waals surface area contributed by atoms with Crippen molar-refractivity contribution in [2.45, 2.75) is 91.4 Å². The van der Waals surface area contributed by atoms with Crippen LogP contribution in [-0.4, -0.2) is 48.3 Å². The van der Waals surface area contributed by atoms with Crippen LogP contribution in [0.3, 0.4) is 0 Å². The van der Waals surface area contributed by atoms with E-state index in [4.69, 9.17) is 4.74 Å². The number of unbranched alkanes of at least 4 members (excludes halogenated alkanes) is 8. The number of hydrogen-bond donors (Lipinski definition) is 0. The van der Waals surface area contributed by atoms with Gasteiger partial charge in [0.25, 0.3) is 0 Å². The number of likely N-dealkylation sites (N-methyl/N-ethyl adjacent to an activating group) is 1. The van der Waals surface area contributed by atoms with Gasteiger partial charge >= 0.3 is 0 Å². The third-order valence-corrected chi connectivity index (χ3v) is 4.89. The molecule has 0 aromatic carbocycles. The van der Waals surface area contributed by atoms with Crippen LogP contribution in [0.4, 0.5) is 0 Å². The van der Waals surface area contributed by atoms with Gasteiger partial charge in [0.1, 0.15) is 13.1 Å². The summed E-state index contributed by atoms with van der Waals surface area (Å²) in [4.78, 5) is 2.52. The minimum atomic E-state index is 0.798. The third-order valence-electron chi connectivity index (χ3n) is 4.89. The van der Waals surface area contributed by atoms with Crippen molar-refractivity contribution in [2.24, 2.45) is 0 Å². The highest BCUT2D eigenvalue weighted by molar-refractivity contribution is 5.78. The molecule has 0 aliphatic carbocycles. The van der Waals surface area contributed by atoms with Gasteiger partial charge in [-0.15, -0.1) is 0 Å². The van der Waals surface area contributed by atoms with Crippen molar-refractivity contribution in [1.82, 2.24) is 4.90 Å². The van der Waals surface area contributed by atoms with Gasteiger partial charge < -0.3 is 4.74 Å². The van der Waals surface area contributed by atoms with Gasteiger partial charge in [-0.3, -0.25) is 4.90 Å². The molecule has 0 atom stereocenters. The maximum atomic E-state index is 5.94. The first-order valence-electron chi connectivity index (χ1n) is 10.3. The largest absolute Gasteiger partial charge is 0.342 e. The Hall–Kier alpha value is -0.570. The first kappa shape index (κ1) is 20.5. The van der Waals surface area contributed by atoms with Gasteiger partial charge in [-0.1, -0.05) is 65.2 Å². The van der Waals surface area contributed by atoms with Crippen LogP contribution < -0.4 is 0 Å². The van der Waals surface area contributed by atoms with Crippen molar-refractivity contribution in [3.63, 3.8) is 0 Å². The predicted molar refractivity (Wildman–Crippen MR) is 100 cm³/mol. The number of nitrogens with zero attached hydrogens (tertiary/aromatic N) is 2. The zero-order chi connectivity index (χ0) is 16.8. The Morgan fingerprint density at radius 3 is 2.17 bits per heavy atom. The Kier molecular flexibility index (Phi) is 12.3. The molecule has 0 aromatic rings. The van der Waals surface area contributed by atoms with Gasteiger partial charge in [0.2, 0.25) is 5.84 Å². The van der Waals surface area contributed by atoms with Crippen LogP contribution in [-0.2, 0) is 4.74 Å². The van der Waals surface area contributed by atoms with E-state index in [0.717, 1.165) is 26.4 Å². The molecule has 0 unspecified atom stereocenters. The fourth-order valence-corrected chi connectivity index (χ4v) is 3.34. The van der Waals surface area contributed by atoms with E-state index in [0.29, 0.717) is 0 Å². The van der Waals surface area contributed by atoms with E-state index in [1.165, 1.54) is 83.0 Å². The van der Waals surface area contributed by atoms with E-state index < -0.39 is 0 Å². The fourth-order valence-electron chi connectivity index (χ4n) is 3.34. The zero-order valence-electron chi connectivity index (χ0n) is 16.1.